The smallest absolute Gasteiger partial charge is 0.325 e. The van der Waals surface area contributed by atoms with Crippen LogP contribution in [0.5, 0.6) is 23.0 Å². The Morgan fingerprint density at radius 3 is 1.88 bits per heavy atom. The number of carbonyl (C=O) groups is 3. The number of benzene rings is 2. The van der Waals surface area contributed by atoms with Crippen LogP contribution in [-0.2, 0) is 14.4 Å². The monoisotopic (exact) mass is 478 g/mol. The van der Waals surface area contributed by atoms with Crippen molar-refractivity contribution in [3.8, 4) is 23.0 Å². The van der Waals surface area contributed by atoms with Crippen LogP contribution in [0.25, 0.3) is 0 Å². The Bertz CT molecular complexity index is 1040. The maximum atomic E-state index is 12.1. The van der Waals surface area contributed by atoms with Gasteiger partial charge in [0.2, 0.25) is 0 Å². The van der Waals surface area contributed by atoms with Crippen molar-refractivity contribution in [2.75, 3.05) is 33.9 Å². The van der Waals surface area contributed by atoms with Gasteiger partial charge in [-0.05, 0) is 36.4 Å². The highest BCUT2D eigenvalue weighted by molar-refractivity contribution is 5.79. The molecule has 0 aliphatic heterocycles. The molecular formula is C22H26N2O10. The molecule has 0 heterocycles. The van der Waals surface area contributed by atoms with Gasteiger partial charge in [-0.3, -0.25) is 24.6 Å². The molecule has 6 N–H and O–H groups in total. The van der Waals surface area contributed by atoms with E-state index in [1.54, 1.807) is 0 Å². The number of nitrogens with one attached hydrogen (secondary N) is 1. The van der Waals surface area contributed by atoms with Gasteiger partial charge in [-0.25, -0.2) is 0 Å². The fourth-order valence-electron chi connectivity index (χ4n) is 3.41. The third-order valence-corrected chi connectivity index (χ3v) is 5.01. The van der Waals surface area contributed by atoms with Crippen LogP contribution in [-0.4, -0.2) is 82.2 Å². The molecule has 2 aromatic carbocycles. The molecule has 2 rings (SSSR count). The number of aromatic hydroxyl groups is 2. The Morgan fingerprint density at radius 2 is 1.41 bits per heavy atom. The number of phenols is 2. The van der Waals surface area contributed by atoms with E-state index in [2.05, 4.69) is 5.32 Å². The lowest BCUT2D eigenvalue weighted by Gasteiger charge is -2.29. The van der Waals surface area contributed by atoms with E-state index in [0.29, 0.717) is 5.75 Å². The molecule has 12 nitrogen and oxygen atoms in total. The highest BCUT2D eigenvalue weighted by atomic mass is 16.5. The minimum atomic E-state index is -1.57. The number of methoxy groups -OCH3 is 2. The van der Waals surface area contributed by atoms with Crippen molar-refractivity contribution in [1.82, 2.24) is 10.2 Å². The van der Waals surface area contributed by atoms with E-state index in [1.807, 2.05) is 0 Å². The summed E-state index contributed by atoms with van der Waals surface area (Å²) in [4.78, 5) is 36.4. The van der Waals surface area contributed by atoms with Crippen molar-refractivity contribution >= 4 is 17.9 Å². The maximum absolute atomic E-state index is 12.1. The van der Waals surface area contributed by atoms with Crippen LogP contribution < -0.4 is 14.8 Å². The molecule has 12 heteroatoms. The Morgan fingerprint density at radius 1 is 0.882 bits per heavy atom. The number of hydrogen-bond acceptors (Lipinski definition) is 9. The summed E-state index contributed by atoms with van der Waals surface area (Å²) in [5.41, 5.74) is -0.0785. The van der Waals surface area contributed by atoms with Crippen LogP contribution in [0.3, 0.4) is 0 Å². The van der Waals surface area contributed by atoms with Gasteiger partial charge in [0.15, 0.2) is 0 Å². The first-order valence-electron chi connectivity index (χ1n) is 9.97. The first-order valence-corrected chi connectivity index (χ1v) is 9.97. The summed E-state index contributed by atoms with van der Waals surface area (Å²) < 4.78 is 10.1. The van der Waals surface area contributed by atoms with Crippen LogP contribution in [0.2, 0.25) is 0 Å². The Kier molecular flexibility index (Phi) is 9.04. The molecule has 0 aromatic heterocycles. The number of carboxylic acid groups (broad SMARTS) is 3. The second-order valence-electron chi connectivity index (χ2n) is 7.18. The van der Waals surface area contributed by atoms with E-state index in [1.165, 1.54) is 50.6 Å². The molecule has 0 spiro atoms. The molecule has 0 bridgehead atoms. The van der Waals surface area contributed by atoms with Gasteiger partial charge in [0.1, 0.15) is 35.1 Å². The van der Waals surface area contributed by atoms with Gasteiger partial charge < -0.3 is 35.0 Å². The standard InChI is InChI=1S/C22H26N2O10/c1-33-12-3-5-16(25)14(9-12)19(21(29)30)23-7-8-24(11-18(27)28)20(22(31)32)15-10-13(34-2)4-6-17(15)26/h3-6,9-10,19-20,23,25-26H,7-8,11H2,1-2H3,(H,27,28)(H,29,30)(H,31,32). The summed E-state index contributed by atoms with van der Waals surface area (Å²) in [7, 11) is 2.73. The van der Waals surface area contributed by atoms with Gasteiger partial charge in [0.25, 0.3) is 0 Å². The third kappa shape index (κ3) is 6.49. The average Bonchev–Trinajstić information content (AvgIpc) is 2.77. The van der Waals surface area contributed by atoms with E-state index in [-0.39, 0.29) is 41.5 Å². The average molecular weight is 478 g/mol. The van der Waals surface area contributed by atoms with Gasteiger partial charge in [-0.2, -0.15) is 0 Å². The SMILES string of the molecule is COc1ccc(O)c(C(NCCN(CC(=O)O)C(C(=O)O)c2cc(OC)ccc2O)C(=O)O)c1. The van der Waals surface area contributed by atoms with Crippen molar-refractivity contribution in [2.24, 2.45) is 0 Å². The number of phenolic OH excluding ortho intramolecular Hbond substituents is 2. The number of ether oxygens (including phenoxy) is 2. The second-order valence-corrected chi connectivity index (χ2v) is 7.18. The molecule has 0 saturated carbocycles. The van der Waals surface area contributed by atoms with Crippen LogP contribution in [0.1, 0.15) is 23.2 Å². The van der Waals surface area contributed by atoms with Crippen LogP contribution in [0.4, 0.5) is 0 Å². The minimum absolute atomic E-state index is 0.0110. The summed E-state index contributed by atoms with van der Waals surface area (Å²) in [5, 5.41) is 51.8. The highest BCUT2D eigenvalue weighted by Gasteiger charge is 2.32. The van der Waals surface area contributed by atoms with E-state index in [4.69, 9.17) is 9.47 Å². The normalized spacial score (nSPS) is 12.7. The van der Waals surface area contributed by atoms with Gasteiger partial charge in [-0.1, -0.05) is 0 Å². The fourth-order valence-corrected chi connectivity index (χ4v) is 3.41. The minimum Gasteiger partial charge on any atom is -0.508 e. The Labute approximate surface area is 194 Å². The number of rotatable bonds is 13. The van der Waals surface area contributed by atoms with Crippen molar-refractivity contribution in [2.45, 2.75) is 12.1 Å². The summed E-state index contributed by atoms with van der Waals surface area (Å²) in [6.07, 6.45) is 0. The van der Waals surface area contributed by atoms with Gasteiger partial charge in [0, 0.05) is 24.2 Å². The maximum Gasteiger partial charge on any atom is 0.325 e. The third-order valence-electron chi connectivity index (χ3n) is 5.01. The number of aliphatic carboxylic acids is 3. The number of hydrogen-bond donors (Lipinski definition) is 6. The summed E-state index contributed by atoms with van der Waals surface area (Å²) >= 11 is 0. The topological polar surface area (TPSA) is 186 Å². The van der Waals surface area contributed by atoms with Crippen molar-refractivity contribution < 1.29 is 49.4 Å². The molecule has 0 saturated heterocycles. The molecule has 0 fully saturated rings. The molecule has 34 heavy (non-hydrogen) atoms. The van der Waals surface area contributed by atoms with Crippen LogP contribution in [0.15, 0.2) is 36.4 Å². The molecule has 2 aromatic rings. The fraction of sp³-hybridized carbons (Fsp3) is 0.318. The van der Waals surface area contributed by atoms with Gasteiger partial charge in [-0.15, -0.1) is 0 Å². The molecule has 184 valence electrons. The lowest BCUT2D eigenvalue weighted by Crippen LogP contribution is -2.43. The lowest BCUT2D eigenvalue weighted by atomic mass is 10.0. The van der Waals surface area contributed by atoms with Crippen LogP contribution >= 0.6 is 0 Å². The molecular weight excluding hydrogens is 452 g/mol. The largest absolute Gasteiger partial charge is 0.508 e. The quantitative estimate of drug-likeness (QED) is 0.241. The van der Waals surface area contributed by atoms with Crippen molar-refractivity contribution in [3.05, 3.63) is 47.5 Å². The predicted octanol–water partition coefficient (Wildman–Crippen LogP) is 1.04. The molecule has 2 atom stereocenters. The molecule has 0 aliphatic rings. The molecule has 0 aliphatic carbocycles. The summed E-state index contributed by atoms with van der Waals surface area (Å²) in [6.45, 7) is -1.11. The Balaban J connectivity index is 2.31. The summed E-state index contributed by atoms with van der Waals surface area (Å²) in [5.74, 6) is -4.18. The zero-order valence-electron chi connectivity index (χ0n) is 18.5. The van der Waals surface area contributed by atoms with E-state index in [0.717, 1.165) is 4.90 Å². The second kappa shape index (κ2) is 11.7. The predicted molar refractivity (Wildman–Crippen MR) is 117 cm³/mol. The van der Waals surface area contributed by atoms with Gasteiger partial charge in [0.05, 0.1) is 20.8 Å². The number of carboxylic acids is 3. The lowest BCUT2D eigenvalue weighted by molar-refractivity contribution is -0.147. The zero-order valence-corrected chi connectivity index (χ0v) is 18.5. The first kappa shape index (κ1) is 26.2. The Hall–Kier alpha value is -4.03. The van der Waals surface area contributed by atoms with Gasteiger partial charge >= 0.3 is 17.9 Å². The molecule has 0 amide bonds. The number of nitrogens with zero attached hydrogens (tertiary/aromatic N) is 1. The summed E-state index contributed by atoms with van der Waals surface area (Å²) in [6, 6.07) is 5.03. The first-order chi connectivity index (χ1) is 16.1. The molecule has 0 radical (unpaired) electrons. The van der Waals surface area contributed by atoms with Crippen molar-refractivity contribution in [1.29, 1.82) is 0 Å². The van der Waals surface area contributed by atoms with Crippen LogP contribution in [0, 0.1) is 0 Å². The van der Waals surface area contributed by atoms with E-state index < -0.39 is 36.5 Å². The highest BCUT2D eigenvalue weighted by Crippen LogP contribution is 2.33. The van der Waals surface area contributed by atoms with E-state index in [9.17, 15) is 39.9 Å². The zero-order chi connectivity index (χ0) is 25.4. The van der Waals surface area contributed by atoms with Crippen molar-refractivity contribution in [3.63, 3.8) is 0 Å². The molecule has 2 unspecified atom stereocenters. The van der Waals surface area contributed by atoms with E-state index >= 15 is 0 Å².